The fourth-order valence-electron chi connectivity index (χ4n) is 6.62. The molecule has 0 unspecified atom stereocenters. The van der Waals surface area contributed by atoms with Crippen molar-refractivity contribution in [2.75, 3.05) is 20.2 Å². The fraction of sp³-hybridized carbons (Fsp3) is 0.419. The number of ether oxygens (including phenoxy) is 1. The molecule has 1 amide bonds. The van der Waals surface area contributed by atoms with Crippen LogP contribution in [0.5, 0.6) is 5.75 Å². The summed E-state index contributed by atoms with van der Waals surface area (Å²) in [6.07, 6.45) is 8.19. The summed E-state index contributed by atoms with van der Waals surface area (Å²) in [7, 11) is 3.64. The van der Waals surface area contributed by atoms with Gasteiger partial charge in [0.2, 0.25) is 0 Å². The van der Waals surface area contributed by atoms with Crippen LogP contribution in [-0.2, 0) is 13.6 Å². The lowest BCUT2D eigenvalue weighted by atomic mass is 10.1. The molecule has 3 heterocycles. The van der Waals surface area contributed by atoms with Crippen LogP contribution in [0.2, 0.25) is 0 Å². The molecular weight excluding hydrogens is 476 g/mol. The third kappa shape index (κ3) is 4.29. The van der Waals surface area contributed by atoms with Crippen LogP contribution in [0, 0.1) is 0 Å². The summed E-state index contributed by atoms with van der Waals surface area (Å²) in [5, 5.41) is 4.96. The van der Waals surface area contributed by atoms with Crippen LogP contribution >= 0.6 is 0 Å². The van der Waals surface area contributed by atoms with Crippen molar-refractivity contribution in [2.24, 2.45) is 7.05 Å². The molecule has 2 fully saturated rings. The van der Waals surface area contributed by atoms with Gasteiger partial charge >= 0.3 is 0 Å². The van der Waals surface area contributed by atoms with Crippen LogP contribution < -0.4 is 15.6 Å². The standard InChI is InChI=1S/C31H36N4O3/c1-33-26-15-7-6-14-24(26)28-25(20-35(31(37)29(28)33)22-11-4-5-12-22)30(36)32-18-23-13-9-17-34(23)19-21-10-3-8-16-27(21)38-2/h3,6-8,10,14-16,20,22-23H,4-5,9,11-13,17-19H2,1-2H3,(H,32,36)/t23-/m0/s1. The van der Waals surface area contributed by atoms with Gasteiger partial charge in [-0.2, -0.15) is 0 Å². The topological polar surface area (TPSA) is 68.5 Å². The maximum absolute atomic E-state index is 13.8. The van der Waals surface area contributed by atoms with Crippen molar-refractivity contribution in [1.82, 2.24) is 19.4 Å². The van der Waals surface area contributed by atoms with Crippen molar-refractivity contribution in [2.45, 2.75) is 57.2 Å². The Morgan fingerprint density at radius 3 is 2.61 bits per heavy atom. The number of benzene rings is 2. The molecule has 198 valence electrons. The van der Waals surface area contributed by atoms with E-state index in [1.807, 2.05) is 64.8 Å². The molecule has 4 aromatic rings. The number of hydrogen-bond acceptors (Lipinski definition) is 4. The number of para-hydroxylation sites is 2. The van der Waals surface area contributed by atoms with E-state index in [0.717, 1.165) is 79.2 Å². The van der Waals surface area contributed by atoms with Gasteiger partial charge in [-0.1, -0.05) is 49.2 Å². The maximum atomic E-state index is 13.8. The molecule has 1 N–H and O–H groups in total. The Kier molecular flexibility index (Phi) is 6.70. The number of likely N-dealkylation sites (tertiary alicyclic amines) is 1. The third-order valence-electron chi connectivity index (χ3n) is 8.61. The molecule has 1 aliphatic carbocycles. The Labute approximate surface area is 223 Å². The summed E-state index contributed by atoms with van der Waals surface area (Å²) >= 11 is 0. The van der Waals surface area contributed by atoms with E-state index >= 15 is 0 Å². The summed E-state index contributed by atoms with van der Waals surface area (Å²) < 4.78 is 9.36. The third-order valence-corrected chi connectivity index (χ3v) is 8.61. The number of nitrogens with one attached hydrogen (secondary N) is 1. The van der Waals surface area contributed by atoms with Crippen LogP contribution in [0.1, 0.15) is 60.5 Å². The Morgan fingerprint density at radius 2 is 1.79 bits per heavy atom. The monoisotopic (exact) mass is 512 g/mol. The first-order valence-electron chi connectivity index (χ1n) is 13.8. The molecule has 0 radical (unpaired) electrons. The molecule has 0 bridgehead atoms. The zero-order valence-electron chi connectivity index (χ0n) is 22.3. The van der Waals surface area contributed by atoms with Crippen molar-refractivity contribution in [3.8, 4) is 5.75 Å². The molecular formula is C31H36N4O3. The number of methoxy groups -OCH3 is 1. The van der Waals surface area contributed by atoms with E-state index < -0.39 is 0 Å². The number of fused-ring (bicyclic) bond motifs is 3. The summed E-state index contributed by atoms with van der Waals surface area (Å²) in [5.41, 5.74) is 3.34. The Bertz CT molecular complexity index is 1550. The van der Waals surface area contributed by atoms with Crippen LogP contribution in [0.15, 0.2) is 59.5 Å². The molecule has 0 spiro atoms. The van der Waals surface area contributed by atoms with Gasteiger partial charge < -0.3 is 19.2 Å². The smallest absolute Gasteiger partial charge is 0.275 e. The second-order valence-electron chi connectivity index (χ2n) is 10.8. The molecule has 38 heavy (non-hydrogen) atoms. The average Bonchev–Trinajstić information content (AvgIpc) is 3.69. The SMILES string of the molecule is COc1ccccc1CN1CCC[C@H]1CNC(=O)c1cn(C2CCCC2)c(=O)c2c1c1ccccc1n2C. The number of hydrogen-bond donors (Lipinski definition) is 1. The number of carbonyl (C=O) groups is 1. The van der Waals surface area contributed by atoms with Gasteiger partial charge in [0.15, 0.2) is 0 Å². The molecule has 7 nitrogen and oxygen atoms in total. The zero-order valence-corrected chi connectivity index (χ0v) is 22.3. The van der Waals surface area contributed by atoms with Gasteiger partial charge in [-0.05, 0) is 44.4 Å². The van der Waals surface area contributed by atoms with Gasteiger partial charge in [0.25, 0.3) is 11.5 Å². The van der Waals surface area contributed by atoms with E-state index in [1.54, 1.807) is 7.11 Å². The van der Waals surface area contributed by atoms with E-state index in [0.29, 0.717) is 17.6 Å². The van der Waals surface area contributed by atoms with Crippen molar-refractivity contribution in [3.05, 3.63) is 76.2 Å². The first-order chi connectivity index (χ1) is 18.6. The number of pyridine rings is 1. The minimum Gasteiger partial charge on any atom is -0.496 e. The normalized spacial score (nSPS) is 18.5. The van der Waals surface area contributed by atoms with Gasteiger partial charge in [-0.25, -0.2) is 0 Å². The lowest BCUT2D eigenvalue weighted by Crippen LogP contribution is -2.40. The Balaban J connectivity index is 1.31. The zero-order chi connectivity index (χ0) is 26.2. The average molecular weight is 513 g/mol. The lowest BCUT2D eigenvalue weighted by Gasteiger charge is -2.25. The maximum Gasteiger partial charge on any atom is 0.275 e. The van der Waals surface area contributed by atoms with E-state index in [4.69, 9.17) is 4.74 Å². The number of amides is 1. The fourth-order valence-corrected chi connectivity index (χ4v) is 6.62. The predicted octanol–water partition coefficient (Wildman–Crippen LogP) is 5.01. The highest BCUT2D eigenvalue weighted by Gasteiger charge is 2.28. The van der Waals surface area contributed by atoms with Crippen LogP contribution in [-0.4, -0.2) is 46.2 Å². The molecule has 6 rings (SSSR count). The van der Waals surface area contributed by atoms with Crippen LogP contribution in [0.25, 0.3) is 21.8 Å². The first kappa shape index (κ1) is 24.7. The highest BCUT2D eigenvalue weighted by molar-refractivity contribution is 6.17. The largest absolute Gasteiger partial charge is 0.496 e. The summed E-state index contributed by atoms with van der Waals surface area (Å²) in [6, 6.07) is 16.5. The second-order valence-corrected chi connectivity index (χ2v) is 10.8. The van der Waals surface area contributed by atoms with Gasteiger partial charge in [0, 0.05) is 60.3 Å². The molecule has 1 atom stereocenters. The number of rotatable bonds is 7. The minimum atomic E-state index is -0.109. The number of aryl methyl sites for hydroxylation is 1. The molecule has 2 aromatic carbocycles. The number of aromatic nitrogens is 2. The predicted molar refractivity (Wildman–Crippen MR) is 151 cm³/mol. The second kappa shape index (κ2) is 10.3. The molecule has 7 heteroatoms. The Hall–Kier alpha value is -3.58. The van der Waals surface area contributed by atoms with Crippen molar-refractivity contribution in [3.63, 3.8) is 0 Å². The van der Waals surface area contributed by atoms with Gasteiger partial charge in [-0.3, -0.25) is 14.5 Å². The molecule has 1 saturated heterocycles. The number of carbonyl (C=O) groups excluding carboxylic acids is 1. The highest BCUT2D eigenvalue weighted by Crippen LogP contribution is 2.33. The van der Waals surface area contributed by atoms with E-state index in [1.165, 1.54) is 0 Å². The molecule has 2 aliphatic rings. The van der Waals surface area contributed by atoms with Gasteiger partial charge in [0.1, 0.15) is 11.3 Å². The van der Waals surface area contributed by atoms with Crippen molar-refractivity contribution >= 4 is 27.7 Å². The van der Waals surface area contributed by atoms with E-state index in [9.17, 15) is 9.59 Å². The Morgan fingerprint density at radius 1 is 1.03 bits per heavy atom. The molecule has 1 saturated carbocycles. The van der Waals surface area contributed by atoms with Crippen molar-refractivity contribution < 1.29 is 9.53 Å². The van der Waals surface area contributed by atoms with E-state index in [2.05, 4.69) is 16.3 Å². The highest BCUT2D eigenvalue weighted by atomic mass is 16.5. The van der Waals surface area contributed by atoms with Crippen molar-refractivity contribution in [1.29, 1.82) is 0 Å². The van der Waals surface area contributed by atoms with Gasteiger partial charge in [-0.15, -0.1) is 0 Å². The quantitative estimate of drug-likeness (QED) is 0.378. The van der Waals surface area contributed by atoms with Gasteiger partial charge in [0.05, 0.1) is 12.7 Å². The first-order valence-corrected chi connectivity index (χ1v) is 13.8. The summed E-state index contributed by atoms with van der Waals surface area (Å²) in [6.45, 7) is 2.37. The van der Waals surface area contributed by atoms with E-state index in [-0.39, 0.29) is 23.6 Å². The summed E-state index contributed by atoms with van der Waals surface area (Å²) in [4.78, 5) is 30.0. The molecule has 1 aliphatic heterocycles. The minimum absolute atomic E-state index is 0.000858. The van der Waals surface area contributed by atoms with Crippen LogP contribution in [0.4, 0.5) is 0 Å². The molecule has 2 aromatic heterocycles. The van der Waals surface area contributed by atoms with Crippen LogP contribution in [0.3, 0.4) is 0 Å². The number of nitrogens with zero attached hydrogens (tertiary/aromatic N) is 3. The lowest BCUT2D eigenvalue weighted by molar-refractivity contribution is 0.0940. The summed E-state index contributed by atoms with van der Waals surface area (Å²) in [5.74, 6) is 0.789.